The topological polar surface area (TPSA) is 72.9 Å². The van der Waals surface area contributed by atoms with Gasteiger partial charge >= 0.3 is 0 Å². The van der Waals surface area contributed by atoms with Gasteiger partial charge in [0.1, 0.15) is 18.2 Å². The first-order valence-electron chi connectivity index (χ1n) is 11.3. The summed E-state index contributed by atoms with van der Waals surface area (Å²) in [6.07, 6.45) is 0.835. The van der Waals surface area contributed by atoms with Gasteiger partial charge in [0.25, 0.3) is 0 Å². The highest BCUT2D eigenvalue weighted by Crippen LogP contribution is 2.36. The maximum absolute atomic E-state index is 12.8. The number of ether oxygens (including phenoxy) is 3. The lowest BCUT2D eigenvalue weighted by atomic mass is 10.1. The number of morpholine rings is 1. The molecule has 0 atom stereocenters. The fraction of sp³-hybridized carbons (Fsp3) is 0.360. The standard InChI is InChI=1S/C25H27N3O4S/c1-2-17-13-18-14-22-23(32-12-11-31-22)15-20(18)27-25(17)33-16-24(29)26-19-5-3-4-6-21(19)28-7-9-30-10-8-28/h3-6,13-15H,2,7-12,16H2,1H3,(H,26,29). The number of rotatable bonds is 6. The number of pyridine rings is 1. The molecule has 172 valence electrons. The number of aryl methyl sites for hydroxylation is 1. The van der Waals surface area contributed by atoms with Gasteiger partial charge in [-0.05, 0) is 36.2 Å². The van der Waals surface area contributed by atoms with E-state index >= 15 is 0 Å². The summed E-state index contributed by atoms with van der Waals surface area (Å²) in [6.45, 7) is 6.24. The highest BCUT2D eigenvalue weighted by Gasteiger charge is 2.18. The summed E-state index contributed by atoms with van der Waals surface area (Å²) >= 11 is 1.46. The molecule has 7 nitrogen and oxygen atoms in total. The number of carbonyl (C=O) groups excluding carboxylic acids is 1. The lowest BCUT2D eigenvalue weighted by Crippen LogP contribution is -2.36. The molecule has 3 heterocycles. The summed E-state index contributed by atoms with van der Waals surface area (Å²) in [7, 11) is 0. The molecule has 0 spiro atoms. The van der Waals surface area contributed by atoms with Gasteiger partial charge in [-0.3, -0.25) is 4.79 Å². The summed E-state index contributed by atoms with van der Waals surface area (Å²) in [5.74, 6) is 1.72. The Kier molecular flexibility index (Phi) is 6.55. The molecule has 1 amide bonds. The molecule has 8 heteroatoms. The molecule has 5 rings (SSSR count). The van der Waals surface area contributed by atoms with Crippen molar-refractivity contribution < 1.29 is 19.0 Å². The van der Waals surface area contributed by atoms with E-state index < -0.39 is 0 Å². The second-order valence-electron chi connectivity index (χ2n) is 7.95. The number of thioether (sulfide) groups is 1. The van der Waals surface area contributed by atoms with E-state index in [2.05, 4.69) is 23.2 Å². The van der Waals surface area contributed by atoms with E-state index in [0.29, 0.717) is 26.4 Å². The van der Waals surface area contributed by atoms with Crippen LogP contribution in [0.2, 0.25) is 0 Å². The number of para-hydroxylation sites is 2. The largest absolute Gasteiger partial charge is 0.486 e. The average Bonchev–Trinajstić information content (AvgIpc) is 2.86. The van der Waals surface area contributed by atoms with E-state index in [9.17, 15) is 4.79 Å². The van der Waals surface area contributed by atoms with Gasteiger partial charge in [-0.25, -0.2) is 4.98 Å². The predicted molar refractivity (Wildman–Crippen MR) is 131 cm³/mol. The normalized spacial score (nSPS) is 15.5. The SMILES string of the molecule is CCc1cc2cc3c(cc2nc1SCC(=O)Nc1ccccc1N1CCOCC1)OCCO3. The van der Waals surface area contributed by atoms with Crippen molar-refractivity contribution in [1.29, 1.82) is 0 Å². The molecule has 0 unspecified atom stereocenters. The molecule has 0 aliphatic carbocycles. The Morgan fingerprint density at radius 1 is 1.06 bits per heavy atom. The first-order chi connectivity index (χ1) is 16.2. The first-order valence-corrected chi connectivity index (χ1v) is 12.3. The van der Waals surface area contributed by atoms with Gasteiger partial charge in [-0.15, -0.1) is 0 Å². The molecular weight excluding hydrogens is 438 g/mol. The lowest BCUT2D eigenvalue weighted by molar-refractivity contribution is -0.113. The lowest BCUT2D eigenvalue weighted by Gasteiger charge is -2.30. The van der Waals surface area contributed by atoms with Crippen LogP contribution in [-0.4, -0.2) is 56.2 Å². The fourth-order valence-corrected chi connectivity index (χ4v) is 4.99. The summed E-state index contributed by atoms with van der Waals surface area (Å²) < 4.78 is 16.9. The summed E-state index contributed by atoms with van der Waals surface area (Å²) in [5, 5.41) is 4.98. The number of nitrogens with zero attached hydrogens (tertiary/aromatic N) is 2. The van der Waals surface area contributed by atoms with Crippen molar-refractivity contribution in [3.8, 4) is 11.5 Å². The fourth-order valence-electron chi connectivity index (χ4n) is 4.09. The second-order valence-corrected chi connectivity index (χ2v) is 8.91. The average molecular weight is 466 g/mol. The van der Waals surface area contributed by atoms with Crippen molar-refractivity contribution in [2.75, 3.05) is 55.5 Å². The third kappa shape index (κ3) is 4.86. The van der Waals surface area contributed by atoms with Crippen LogP contribution in [0.3, 0.4) is 0 Å². The molecule has 1 aromatic heterocycles. The molecule has 3 aromatic rings. The van der Waals surface area contributed by atoms with Crippen LogP contribution in [0.25, 0.3) is 10.9 Å². The van der Waals surface area contributed by atoms with Gasteiger partial charge in [-0.2, -0.15) is 0 Å². The zero-order valence-corrected chi connectivity index (χ0v) is 19.5. The Balaban J connectivity index is 1.31. The van der Waals surface area contributed by atoms with Crippen LogP contribution in [0.1, 0.15) is 12.5 Å². The van der Waals surface area contributed by atoms with Crippen molar-refractivity contribution in [2.45, 2.75) is 18.4 Å². The van der Waals surface area contributed by atoms with Crippen LogP contribution in [0, 0.1) is 0 Å². The van der Waals surface area contributed by atoms with Crippen molar-refractivity contribution in [2.24, 2.45) is 0 Å². The molecule has 2 aromatic carbocycles. The smallest absolute Gasteiger partial charge is 0.234 e. The molecule has 33 heavy (non-hydrogen) atoms. The van der Waals surface area contributed by atoms with Crippen molar-refractivity contribution in [1.82, 2.24) is 4.98 Å². The minimum atomic E-state index is -0.0492. The number of hydrogen-bond acceptors (Lipinski definition) is 7. The molecule has 0 saturated carbocycles. The Hall–Kier alpha value is -2.97. The number of aromatic nitrogens is 1. The van der Waals surface area contributed by atoms with Gasteiger partial charge in [0.05, 0.1) is 35.9 Å². The number of carbonyl (C=O) groups is 1. The van der Waals surface area contributed by atoms with Crippen LogP contribution in [0.4, 0.5) is 11.4 Å². The zero-order valence-electron chi connectivity index (χ0n) is 18.6. The van der Waals surface area contributed by atoms with E-state index in [1.165, 1.54) is 11.8 Å². The van der Waals surface area contributed by atoms with Crippen molar-refractivity contribution >= 4 is 39.9 Å². The van der Waals surface area contributed by atoms with Crippen LogP contribution in [-0.2, 0) is 16.0 Å². The molecule has 1 N–H and O–H groups in total. The molecule has 2 aliphatic rings. The second kappa shape index (κ2) is 9.89. The van der Waals surface area contributed by atoms with Crippen LogP contribution >= 0.6 is 11.8 Å². The Morgan fingerprint density at radius 2 is 1.82 bits per heavy atom. The Labute approximate surface area is 197 Å². The minimum Gasteiger partial charge on any atom is -0.486 e. The van der Waals surface area contributed by atoms with E-state index in [4.69, 9.17) is 19.2 Å². The number of benzene rings is 2. The van der Waals surface area contributed by atoms with Gasteiger partial charge < -0.3 is 24.4 Å². The Morgan fingerprint density at radius 3 is 2.61 bits per heavy atom. The molecular formula is C25H27N3O4S. The van der Waals surface area contributed by atoms with E-state index in [-0.39, 0.29) is 11.7 Å². The van der Waals surface area contributed by atoms with Crippen LogP contribution < -0.4 is 19.7 Å². The maximum atomic E-state index is 12.8. The highest BCUT2D eigenvalue weighted by atomic mass is 32.2. The molecule has 0 radical (unpaired) electrons. The van der Waals surface area contributed by atoms with Crippen LogP contribution in [0.15, 0.2) is 47.5 Å². The number of fused-ring (bicyclic) bond motifs is 2. The maximum Gasteiger partial charge on any atom is 0.234 e. The first kappa shape index (κ1) is 21.9. The molecule has 1 fully saturated rings. The van der Waals surface area contributed by atoms with E-state index in [1.54, 1.807) is 0 Å². The molecule has 2 aliphatic heterocycles. The summed E-state index contributed by atoms with van der Waals surface area (Å²) in [5.41, 5.74) is 3.82. The molecule has 1 saturated heterocycles. The van der Waals surface area contributed by atoms with Gasteiger partial charge in [0, 0.05) is 24.5 Å². The van der Waals surface area contributed by atoms with E-state index in [1.807, 2.05) is 36.4 Å². The zero-order chi connectivity index (χ0) is 22.6. The highest BCUT2D eigenvalue weighted by molar-refractivity contribution is 8.00. The van der Waals surface area contributed by atoms with Crippen LogP contribution in [0.5, 0.6) is 11.5 Å². The third-order valence-corrected chi connectivity index (χ3v) is 6.80. The third-order valence-electron chi connectivity index (χ3n) is 5.77. The van der Waals surface area contributed by atoms with Gasteiger partial charge in [0.15, 0.2) is 11.5 Å². The minimum absolute atomic E-state index is 0.0492. The summed E-state index contributed by atoms with van der Waals surface area (Å²) in [6, 6.07) is 14.0. The quantitative estimate of drug-likeness (QED) is 0.549. The number of nitrogens with one attached hydrogen (secondary N) is 1. The number of hydrogen-bond donors (Lipinski definition) is 1. The summed E-state index contributed by atoms with van der Waals surface area (Å²) in [4.78, 5) is 19.9. The Bertz CT molecular complexity index is 1160. The van der Waals surface area contributed by atoms with Crippen molar-refractivity contribution in [3.05, 3.63) is 48.0 Å². The van der Waals surface area contributed by atoms with Gasteiger partial charge in [0.2, 0.25) is 5.91 Å². The number of amides is 1. The molecule has 0 bridgehead atoms. The van der Waals surface area contributed by atoms with E-state index in [0.717, 1.165) is 63.9 Å². The number of anilines is 2. The monoisotopic (exact) mass is 465 g/mol. The predicted octanol–water partition coefficient (Wildman–Crippen LogP) is 4.14. The van der Waals surface area contributed by atoms with Crippen molar-refractivity contribution in [3.63, 3.8) is 0 Å². The van der Waals surface area contributed by atoms with Gasteiger partial charge in [-0.1, -0.05) is 30.8 Å².